The third-order valence-electron chi connectivity index (χ3n) is 4.94. The van der Waals surface area contributed by atoms with Crippen molar-refractivity contribution in [2.24, 2.45) is 0 Å². The van der Waals surface area contributed by atoms with Crippen molar-refractivity contribution in [1.82, 2.24) is 9.72 Å². The molecule has 0 amide bonds. The maximum absolute atomic E-state index is 12.6. The highest BCUT2D eigenvalue weighted by Crippen LogP contribution is 2.43. The van der Waals surface area contributed by atoms with Crippen LogP contribution >= 0.6 is 11.3 Å². The Bertz CT molecular complexity index is 1080. The molecular weight excluding hydrogens is 348 g/mol. The number of carboxylic acids is 1. The Morgan fingerprint density at radius 2 is 2.12 bits per heavy atom. The Labute approximate surface area is 154 Å². The second-order valence-corrected chi connectivity index (χ2v) is 7.94. The van der Waals surface area contributed by atoms with Crippen LogP contribution in [-0.4, -0.2) is 22.5 Å². The van der Waals surface area contributed by atoms with E-state index in [1.807, 2.05) is 20.0 Å². The van der Waals surface area contributed by atoms with E-state index in [1.165, 1.54) is 9.28 Å². The first-order valence-corrected chi connectivity index (χ1v) is 9.48. The van der Waals surface area contributed by atoms with Gasteiger partial charge >= 0.3 is 5.97 Å². The molecule has 0 atom stereocenters. The van der Waals surface area contributed by atoms with Crippen LogP contribution in [0.3, 0.4) is 0 Å². The lowest BCUT2D eigenvalue weighted by atomic mass is 10.00. The number of thiophene rings is 1. The van der Waals surface area contributed by atoms with E-state index >= 15 is 0 Å². The van der Waals surface area contributed by atoms with Gasteiger partial charge < -0.3 is 10.4 Å². The highest BCUT2D eigenvalue weighted by molar-refractivity contribution is 7.15. The third-order valence-corrected chi connectivity index (χ3v) is 6.06. The van der Waals surface area contributed by atoms with Crippen LogP contribution < -0.4 is 10.9 Å². The van der Waals surface area contributed by atoms with Crippen LogP contribution in [-0.2, 0) is 6.54 Å². The number of hydrogen-bond acceptors (Lipinski definition) is 4. The second kappa shape index (κ2) is 6.37. The Balaban J connectivity index is 1.97. The fourth-order valence-electron chi connectivity index (χ4n) is 3.51. The highest BCUT2D eigenvalue weighted by Gasteiger charge is 2.29. The Kier molecular flexibility index (Phi) is 4.17. The SMILES string of the molecule is CNCc1ccc(-c2ccn3c(=O)c(C(=O)O)cc(C4CC4)c3c2C)s1. The average Bonchev–Trinajstić information content (AvgIpc) is 3.35. The molecule has 3 aromatic heterocycles. The standard InChI is InChI=1S/C20H20N2O3S/c1-11-14(17-6-5-13(26-17)10-21-2)7-8-22-18(11)15(12-3-4-12)9-16(19(22)23)20(24)25/h5-9,12,21H,3-4,10H2,1-2H3,(H,24,25). The number of pyridine rings is 2. The molecule has 0 bridgehead atoms. The van der Waals surface area contributed by atoms with E-state index in [-0.39, 0.29) is 5.56 Å². The lowest BCUT2D eigenvalue weighted by Gasteiger charge is -2.14. The van der Waals surface area contributed by atoms with Gasteiger partial charge in [0.2, 0.25) is 0 Å². The van der Waals surface area contributed by atoms with E-state index in [0.29, 0.717) is 5.92 Å². The number of nitrogens with one attached hydrogen (secondary N) is 1. The molecule has 6 heteroatoms. The van der Waals surface area contributed by atoms with Crippen molar-refractivity contribution in [2.45, 2.75) is 32.2 Å². The molecule has 1 fully saturated rings. The molecule has 0 aliphatic heterocycles. The van der Waals surface area contributed by atoms with Crippen LogP contribution in [0.15, 0.2) is 35.3 Å². The van der Waals surface area contributed by atoms with Gasteiger partial charge in [0.05, 0.1) is 5.52 Å². The Hall–Kier alpha value is -2.44. The molecule has 1 aliphatic carbocycles. The number of carbonyl (C=O) groups is 1. The van der Waals surface area contributed by atoms with Gasteiger partial charge in [-0.25, -0.2) is 4.79 Å². The number of nitrogens with zero attached hydrogens (tertiary/aromatic N) is 1. The van der Waals surface area contributed by atoms with E-state index in [1.54, 1.807) is 23.6 Å². The Morgan fingerprint density at radius 3 is 2.77 bits per heavy atom. The van der Waals surface area contributed by atoms with Gasteiger partial charge in [-0.05, 0) is 73.7 Å². The molecule has 3 heterocycles. The van der Waals surface area contributed by atoms with Crippen molar-refractivity contribution in [1.29, 1.82) is 0 Å². The fourth-order valence-corrected chi connectivity index (χ4v) is 4.62. The summed E-state index contributed by atoms with van der Waals surface area (Å²) in [6.07, 6.45) is 3.81. The molecule has 0 spiro atoms. The summed E-state index contributed by atoms with van der Waals surface area (Å²) in [6, 6.07) is 7.73. The molecule has 4 rings (SSSR count). The number of aromatic carboxylic acids is 1. The molecule has 5 nitrogen and oxygen atoms in total. The van der Waals surface area contributed by atoms with E-state index in [2.05, 4.69) is 17.4 Å². The summed E-state index contributed by atoms with van der Waals surface area (Å²) in [4.78, 5) is 26.5. The number of fused-ring (bicyclic) bond motifs is 1. The smallest absolute Gasteiger partial charge is 0.341 e. The largest absolute Gasteiger partial charge is 0.477 e. The quantitative estimate of drug-likeness (QED) is 0.721. The molecule has 26 heavy (non-hydrogen) atoms. The van der Waals surface area contributed by atoms with Crippen LogP contribution in [0.25, 0.3) is 16.0 Å². The highest BCUT2D eigenvalue weighted by atomic mass is 32.1. The fraction of sp³-hybridized carbons (Fsp3) is 0.300. The lowest BCUT2D eigenvalue weighted by Crippen LogP contribution is -2.23. The monoisotopic (exact) mass is 368 g/mol. The molecule has 0 saturated heterocycles. The summed E-state index contributed by atoms with van der Waals surface area (Å²) in [5.41, 5.74) is 3.36. The first-order valence-electron chi connectivity index (χ1n) is 8.67. The van der Waals surface area contributed by atoms with Crippen molar-refractivity contribution < 1.29 is 9.90 Å². The second-order valence-electron chi connectivity index (χ2n) is 6.77. The molecule has 2 N–H and O–H groups in total. The summed E-state index contributed by atoms with van der Waals surface area (Å²) in [5, 5.41) is 12.5. The van der Waals surface area contributed by atoms with E-state index < -0.39 is 11.5 Å². The maximum Gasteiger partial charge on any atom is 0.341 e. The summed E-state index contributed by atoms with van der Waals surface area (Å²) in [5.74, 6) is -0.816. The van der Waals surface area contributed by atoms with Crippen molar-refractivity contribution in [2.75, 3.05) is 7.05 Å². The van der Waals surface area contributed by atoms with Crippen LogP contribution in [0, 0.1) is 6.92 Å². The van der Waals surface area contributed by atoms with E-state index in [9.17, 15) is 14.7 Å². The van der Waals surface area contributed by atoms with Gasteiger partial charge in [0.1, 0.15) is 5.56 Å². The zero-order valence-corrected chi connectivity index (χ0v) is 15.5. The minimum Gasteiger partial charge on any atom is -0.477 e. The van der Waals surface area contributed by atoms with Gasteiger partial charge in [0.25, 0.3) is 5.56 Å². The zero-order valence-electron chi connectivity index (χ0n) is 14.7. The summed E-state index contributed by atoms with van der Waals surface area (Å²) >= 11 is 1.73. The van der Waals surface area contributed by atoms with Gasteiger partial charge in [0, 0.05) is 22.5 Å². The summed E-state index contributed by atoms with van der Waals surface area (Å²) in [6.45, 7) is 2.85. The number of rotatable bonds is 5. The molecule has 0 aromatic carbocycles. The van der Waals surface area contributed by atoms with Crippen LogP contribution in [0.2, 0.25) is 0 Å². The van der Waals surface area contributed by atoms with Crippen molar-refractivity contribution in [3.05, 3.63) is 62.4 Å². The minimum absolute atomic E-state index is 0.149. The van der Waals surface area contributed by atoms with Crippen molar-refractivity contribution in [3.63, 3.8) is 0 Å². The number of hydrogen-bond donors (Lipinski definition) is 2. The van der Waals surface area contributed by atoms with Gasteiger partial charge in [-0.1, -0.05) is 0 Å². The molecule has 1 aliphatic rings. The average molecular weight is 368 g/mol. The first kappa shape index (κ1) is 17.0. The maximum atomic E-state index is 12.6. The summed E-state index contributed by atoms with van der Waals surface area (Å²) in [7, 11) is 1.93. The predicted molar refractivity (Wildman–Crippen MR) is 103 cm³/mol. The van der Waals surface area contributed by atoms with E-state index in [0.717, 1.165) is 46.5 Å². The predicted octanol–water partition coefficient (Wildman–Crippen LogP) is 3.63. The van der Waals surface area contributed by atoms with Gasteiger partial charge in [0.15, 0.2) is 0 Å². The minimum atomic E-state index is -1.16. The Morgan fingerprint density at radius 1 is 1.35 bits per heavy atom. The number of aromatic nitrogens is 1. The van der Waals surface area contributed by atoms with E-state index in [4.69, 9.17) is 0 Å². The first-order chi connectivity index (χ1) is 12.5. The summed E-state index contributed by atoms with van der Waals surface area (Å²) < 4.78 is 1.51. The van der Waals surface area contributed by atoms with Crippen LogP contribution in [0.4, 0.5) is 0 Å². The zero-order chi connectivity index (χ0) is 18.4. The molecule has 1 saturated carbocycles. The molecule has 0 unspecified atom stereocenters. The molecule has 3 aromatic rings. The van der Waals surface area contributed by atoms with Crippen molar-refractivity contribution >= 4 is 22.8 Å². The van der Waals surface area contributed by atoms with Gasteiger partial charge in [-0.2, -0.15) is 0 Å². The van der Waals surface area contributed by atoms with Crippen molar-refractivity contribution in [3.8, 4) is 10.4 Å². The normalized spacial score (nSPS) is 14.1. The van der Waals surface area contributed by atoms with Gasteiger partial charge in [-0.3, -0.25) is 9.20 Å². The topological polar surface area (TPSA) is 70.8 Å². The van der Waals surface area contributed by atoms with Gasteiger partial charge in [-0.15, -0.1) is 11.3 Å². The third kappa shape index (κ3) is 2.75. The number of aryl methyl sites for hydroxylation is 1. The van der Waals surface area contributed by atoms with Crippen LogP contribution in [0.5, 0.6) is 0 Å². The number of carboxylic acid groups (broad SMARTS) is 1. The molecule has 0 radical (unpaired) electrons. The molecular formula is C20H20N2O3S. The van der Waals surface area contributed by atoms with Crippen LogP contribution in [0.1, 0.15) is 45.1 Å². The molecule has 134 valence electrons. The lowest BCUT2D eigenvalue weighted by molar-refractivity contribution is 0.0694.